The standard InChI is InChI=1S/C62H49NS/c1-5-40(45-35-54(61-55(36-45)53-23-13-16-26-60(53)64-61)44-29-31-50-49-21-11-14-24-56(49)62(3,4)57(50)37-44)34-43-17-9-10-20-48(43)47-30-27-41(33-39(47)2)42-28-32-52-51-22-12-15-25-58(51)63(59(52)38-42)46-18-7-6-8-19-46/h6-33,35-38,40H,5,34H2,1-4H3. The van der Waals surface area contributed by atoms with Gasteiger partial charge in [0.1, 0.15) is 0 Å². The second-order valence-electron chi connectivity index (χ2n) is 18.4. The van der Waals surface area contributed by atoms with E-state index in [2.05, 4.69) is 226 Å². The monoisotopic (exact) mass is 839 g/mol. The molecule has 1 aliphatic rings. The van der Waals surface area contributed by atoms with Crippen LogP contribution >= 0.6 is 11.3 Å². The Morgan fingerprint density at radius 1 is 0.484 bits per heavy atom. The topological polar surface area (TPSA) is 4.93 Å². The summed E-state index contributed by atoms with van der Waals surface area (Å²) in [5.74, 6) is 0.348. The Morgan fingerprint density at radius 3 is 1.98 bits per heavy atom. The van der Waals surface area contributed by atoms with Gasteiger partial charge in [-0.05, 0) is 147 Å². The van der Waals surface area contributed by atoms with Gasteiger partial charge >= 0.3 is 0 Å². The number of rotatable bonds is 8. The molecular weight excluding hydrogens is 791 g/mol. The van der Waals surface area contributed by atoms with Crippen molar-refractivity contribution in [2.75, 3.05) is 0 Å². The van der Waals surface area contributed by atoms with E-state index in [1.807, 2.05) is 11.3 Å². The maximum atomic E-state index is 2.54. The van der Waals surface area contributed by atoms with Gasteiger partial charge in [-0.25, -0.2) is 0 Å². The minimum absolute atomic E-state index is 0.0535. The Hall–Kier alpha value is -7.00. The van der Waals surface area contributed by atoms with Crippen molar-refractivity contribution < 1.29 is 0 Å². The lowest BCUT2D eigenvalue weighted by molar-refractivity contribution is 0.660. The Kier molecular flexibility index (Phi) is 9.11. The van der Waals surface area contributed by atoms with Crippen molar-refractivity contribution in [2.24, 2.45) is 0 Å². The Labute approximate surface area is 379 Å². The fourth-order valence-corrected chi connectivity index (χ4v) is 12.3. The number of nitrogens with zero attached hydrogens (tertiary/aromatic N) is 1. The number of hydrogen-bond acceptors (Lipinski definition) is 1. The first-order valence-corrected chi connectivity index (χ1v) is 23.7. The van der Waals surface area contributed by atoms with Gasteiger partial charge in [-0.1, -0.05) is 166 Å². The number of para-hydroxylation sites is 2. The number of fused-ring (bicyclic) bond motifs is 9. The second-order valence-corrected chi connectivity index (χ2v) is 19.4. The van der Waals surface area contributed by atoms with E-state index in [4.69, 9.17) is 0 Å². The maximum absolute atomic E-state index is 2.54. The van der Waals surface area contributed by atoms with Gasteiger partial charge in [0.25, 0.3) is 0 Å². The molecule has 0 radical (unpaired) electrons. The summed E-state index contributed by atoms with van der Waals surface area (Å²) in [5.41, 5.74) is 21.0. The van der Waals surface area contributed by atoms with Crippen molar-refractivity contribution in [1.29, 1.82) is 0 Å². The van der Waals surface area contributed by atoms with E-state index in [-0.39, 0.29) is 5.41 Å². The fourth-order valence-electron chi connectivity index (χ4n) is 11.0. The first-order valence-electron chi connectivity index (χ1n) is 22.8. The summed E-state index contributed by atoms with van der Waals surface area (Å²) in [6.07, 6.45) is 2.02. The molecule has 1 nitrogen and oxygen atoms in total. The van der Waals surface area contributed by atoms with E-state index in [0.29, 0.717) is 5.92 Å². The molecule has 9 aromatic carbocycles. The third-order valence-corrected chi connectivity index (χ3v) is 15.6. The van der Waals surface area contributed by atoms with E-state index in [9.17, 15) is 0 Å². The van der Waals surface area contributed by atoms with Crippen LogP contribution in [0.5, 0.6) is 0 Å². The quantitative estimate of drug-likeness (QED) is 0.144. The average Bonchev–Trinajstić information content (AvgIpc) is 3.96. The van der Waals surface area contributed by atoms with E-state index in [0.717, 1.165) is 12.8 Å². The van der Waals surface area contributed by atoms with Gasteiger partial charge in [0.15, 0.2) is 0 Å². The van der Waals surface area contributed by atoms with Crippen LogP contribution in [0.15, 0.2) is 194 Å². The van der Waals surface area contributed by atoms with E-state index < -0.39 is 0 Å². The second kappa shape index (κ2) is 15.1. The van der Waals surface area contributed by atoms with Crippen LogP contribution in [-0.4, -0.2) is 4.57 Å². The Bertz CT molecular complexity index is 3620. The fraction of sp³-hybridized carbons (Fsp3) is 0.129. The lowest BCUT2D eigenvalue weighted by Gasteiger charge is -2.23. The summed E-state index contributed by atoms with van der Waals surface area (Å²) < 4.78 is 5.13. The molecular formula is C62H49NS. The van der Waals surface area contributed by atoms with Crippen molar-refractivity contribution in [2.45, 2.75) is 51.9 Å². The molecule has 64 heavy (non-hydrogen) atoms. The van der Waals surface area contributed by atoms with Crippen LogP contribution < -0.4 is 0 Å². The molecule has 0 saturated heterocycles. The van der Waals surface area contributed by atoms with Crippen LogP contribution in [0.2, 0.25) is 0 Å². The van der Waals surface area contributed by atoms with Gasteiger partial charge < -0.3 is 4.57 Å². The molecule has 0 spiro atoms. The normalized spacial score (nSPS) is 13.5. The largest absolute Gasteiger partial charge is 0.309 e. The van der Waals surface area contributed by atoms with Crippen molar-refractivity contribution in [1.82, 2.24) is 4.57 Å². The molecule has 1 aliphatic carbocycles. The summed E-state index contributed by atoms with van der Waals surface area (Å²) in [6, 6.07) is 72.9. The average molecular weight is 840 g/mol. The predicted octanol–water partition coefficient (Wildman–Crippen LogP) is 17.5. The van der Waals surface area contributed by atoms with Gasteiger partial charge in [0.2, 0.25) is 0 Å². The van der Waals surface area contributed by atoms with Crippen molar-refractivity contribution in [3.63, 3.8) is 0 Å². The number of thiophene rings is 1. The summed E-state index contributed by atoms with van der Waals surface area (Å²) in [7, 11) is 0. The number of aromatic nitrogens is 1. The van der Waals surface area contributed by atoms with Gasteiger partial charge in [0.05, 0.1) is 11.0 Å². The lowest BCUT2D eigenvalue weighted by Crippen LogP contribution is -2.14. The number of hydrogen-bond donors (Lipinski definition) is 0. The Balaban J connectivity index is 0.920. The highest BCUT2D eigenvalue weighted by atomic mass is 32.1. The molecule has 0 bridgehead atoms. The zero-order valence-electron chi connectivity index (χ0n) is 36.8. The molecule has 0 aliphatic heterocycles. The molecule has 2 heterocycles. The number of aryl methyl sites for hydroxylation is 1. The van der Waals surface area contributed by atoms with Crippen LogP contribution in [0.4, 0.5) is 0 Å². The van der Waals surface area contributed by atoms with Crippen LogP contribution in [0, 0.1) is 6.92 Å². The molecule has 2 aromatic heterocycles. The Morgan fingerprint density at radius 2 is 1.14 bits per heavy atom. The SMILES string of the molecule is CCC(Cc1ccccc1-c1ccc(-c2ccc3c4ccccc4n(-c4ccccc4)c3c2)cc1C)c1cc(-c2ccc3c(c2)C(C)(C)c2ccccc2-3)c2sc3ccccc3c2c1. The highest BCUT2D eigenvalue weighted by Crippen LogP contribution is 2.51. The number of benzene rings is 9. The molecule has 1 unspecified atom stereocenters. The van der Waals surface area contributed by atoms with Crippen LogP contribution in [-0.2, 0) is 11.8 Å². The van der Waals surface area contributed by atoms with E-state index in [1.165, 1.54) is 120 Å². The van der Waals surface area contributed by atoms with Crippen molar-refractivity contribution in [3.8, 4) is 50.2 Å². The van der Waals surface area contributed by atoms with Gasteiger partial charge in [-0.3, -0.25) is 0 Å². The van der Waals surface area contributed by atoms with Crippen molar-refractivity contribution in [3.05, 3.63) is 222 Å². The molecule has 0 fully saturated rings. The molecule has 0 N–H and O–H groups in total. The van der Waals surface area contributed by atoms with Gasteiger partial charge in [0, 0.05) is 42.0 Å². The summed E-state index contributed by atoms with van der Waals surface area (Å²) >= 11 is 1.94. The van der Waals surface area contributed by atoms with Crippen molar-refractivity contribution >= 4 is 53.3 Å². The maximum Gasteiger partial charge on any atom is 0.0547 e. The molecule has 0 saturated carbocycles. The highest BCUT2D eigenvalue weighted by Gasteiger charge is 2.35. The summed E-state index contributed by atoms with van der Waals surface area (Å²) in [4.78, 5) is 0. The zero-order chi connectivity index (χ0) is 43.1. The van der Waals surface area contributed by atoms with Crippen LogP contribution in [0.3, 0.4) is 0 Å². The molecule has 308 valence electrons. The molecule has 0 amide bonds. The van der Waals surface area contributed by atoms with Crippen LogP contribution in [0.25, 0.3) is 92.2 Å². The minimum Gasteiger partial charge on any atom is -0.309 e. The van der Waals surface area contributed by atoms with E-state index >= 15 is 0 Å². The molecule has 12 rings (SSSR count). The van der Waals surface area contributed by atoms with Crippen LogP contribution in [0.1, 0.15) is 60.9 Å². The summed E-state index contributed by atoms with van der Waals surface area (Å²) in [5, 5.41) is 5.28. The molecule has 2 heteroatoms. The first kappa shape index (κ1) is 38.7. The molecule has 11 aromatic rings. The van der Waals surface area contributed by atoms with Gasteiger partial charge in [-0.2, -0.15) is 0 Å². The highest BCUT2D eigenvalue weighted by molar-refractivity contribution is 7.26. The third kappa shape index (κ3) is 6.11. The third-order valence-electron chi connectivity index (χ3n) is 14.4. The van der Waals surface area contributed by atoms with Gasteiger partial charge in [-0.15, -0.1) is 11.3 Å². The zero-order valence-corrected chi connectivity index (χ0v) is 37.6. The summed E-state index contributed by atoms with van der Waals surface area (Å²) in [6.45, 7) is 9.42. The lowest BCUT2D eigenvalue weighted by atomic mass is 9.81. The minimum atomic E-state index is -0.0535. The first-order chi connectivity index (χ1) is 31.4. The molecule has 1 atom stereocenters. The van der Waals surface area contributed by atoms with E-state index in [1.54, 1.807) is 0 Å². The smallest absolute Gasteiger partial charge is 0.0547 e. The predicted molar refractivity (Wildman–Crippen MR) is 275 cm³/mol.